The van der Waals surface area contributed by atoms with Crippen molar-refractivity contribution in [3.63, 3.8) is 0 Å². The number of rotatable bonds is 4. The van der Waals surface area contributed by atoms with Gasteiger partial charge in [0, 0.05) is 18.0 Å². The number of nitrogens with zero attached hydrogens (tertiary/aromatic N) is 3. The zero-order valence-corrected chi connectivity index (χ0v) is 12.7. The van der Waals surface area contributed by atoms with Crippen molar-refractivity contribution >= 4 is 16.7 Å². The number of allylic oxidation sites excluding steroid dienone is 2. The molecule has 3 atom stereocenters. The smallest absolute Gasteiger partial charge is 0.158 e. The average Bonchev–Trinajstić information content (AvgIpc) is 3.18. The summed E-state index contributed by atoms with van der Waals surface area (Å²) in [5.74, 6) is 2.42. The molecule has 2 aliphatic rings. The summed E-state index contributed by atoms with van der Waals surface area (Å²) < 4.78 is 1.97. The average molecular weight is 282 g/mol. The summed E-state index contributed by atoms with van der Waals surface area (Å²) in [6.07, 6.45) is 11.4. The van der Waals surface area contributed by atoms with E-state index < -0.39 is 0 Å². The lowest BCUT2D eigenvalue weighted by Crippen LogP contribution is -2.18. The molecule has 2 heterocycles. The summed E-state index contributed by atoms with van der Waals surface area (Å²) in [6, 6.07) is 2.51. The van der Waals surface area contributed by atoms with E-state index in [1.807, 2.05) is 17.1 Å². The summed E-state index contributed by atoms with van der Waals surface area (Å²) in [5, 5.41) is 9.10. The van der Waals surface area contributed by atoms with E-state index in [2.05, 4.69) is 47.5 Å². The van der Waals surface area contributed by atoms with Gasteiger partial charge in [-0.05, 0) is 50.5 Å². The first kappa shape index (κ1) is 12.9. The molecule has 0 saturated heterocycles. The third kappa shape index (κ3) is 2.23. The monoisotopic (exact) mass is 282 g/mol. The van der Waals surface area contributed by atoms with Gasteiger partial charge in [-0.1, -0.05) is 12.2 Å². The molecule has 0 radical (unpaired) electrons. The van der Waals surface area contributed by atoms with Gasteiger partial charge in [-0.25, -0.2) is 9.67 Å². The minimum absolute atomic E-state index is 0.342. The van der Waals surface area contributed by atoms with Gasteiger partial charge in [-0.2, -0.15) is 5.10 Å². The van der Waals surface area contributed by atoms with E-state index in [9.17, 15) is 0 Å². The van der Waals surface area contributed by atoms with Gasteiger partial charge in [0.2, 0.25) is 0 Å². The summed E-state index contributed by atoms with van der Waals surface area (Å²) in [5.41, 5.74) is 2.08. The third-order valence-electron chi connectivity index (χ3n) is 4.91. The summed E-state index contributed by atoms with van der Waals surface area (Å²) >= 11 is 0. The topological polar surface area (TPSA) is 42.7 Å². The minimum atomic E-state index is 0.342. The third-order valence-corrected chi connectivity index (χ3v) is 4.91. The fourth-order valence-electron chi connectivity index (χ4n) is 3.79. The van der Waals surface area contributed by atoms with Crippen LogP contribution in [0.4, 0.5) is 5.69 Å². The lowest BCUT2D eigenvalue weighted by atomic mass is 9.93. The molecule has 2 aromatic heterocycles. The Balaban J connectivity index is 1.48. The molecule has 0 spiro atoms. The van der Waals surface area contributed by atoms with Gasteiger partial charge in [0.15, 0.2) is 5.65 Å². The predicted molar refractivity (Wildman–Crippen MR) is 85.2 cm³/mol. The van der Waals surface area contributed by atoms with Gasteiger partial charge >= 0.3 is 0 Å². The second-order valence-corrected chi connectivity index (χ2v) is 6.74. The first-order chi connectivity index (χ1) is 10.2. The van der Waals surface area contributed by atoms with Crippen LogP contribution in [0.25, 0.3) is 11.0 Å². The van der Waals surface area contributed by atoms with E-state index in [4.69, 9.17) is 0 Å². The van der Waals surface area contributed by atoms with Crippen molar-refractivity contribution in [2.45, 2.75) is 32.7 Å². The van der Waals surface area contributed by atoms with Crippen molar-refractivity contribution in [2.24, 2.45) is 17.8 Å². The quantitative estimate of drug-likeness (QED) is 0.871. The number of anilines is 1. The van der Waals surface area contributed by atoms with E-state index in [1.165, 1.54) is 12.8 Å². The van der Waals surface area contributed by atoms with E-state index in [0.29, 0.717) is 6.04 Å². The molecule has 2 bridgehead atoms. The Morgan fingerprint density at radius 1 is 1.29 bits per heavy atom. The maximum Gasteiger partial charge on any atom is 0.158 e. The van der Waals surface area contributed by atoms with Crippen LogP contribution in [0.3, 0.4) is 0 Å². The zero-order valence-electron chi connectivity index (χ0n) is 12.7. The molecule has 4 rings (SSSR count). The molecule has 4 nitrogen and oxygen atoms in total. The molecule has 0 aliphatic heterocycles. The van der Waals surface area contributed by atoms with Gasteiger partial charge in [0.1, 0.15) is 0 Å². The number of aromatic nitrogens is 3. The highest BCUT2D eigenvalue weighted by atomic mass is 15.3. The Hall–Kier alpha value is -1.84. The number of pyridine rings is 1. The zero-order chi connectivity index (χ0) is 14.4. The van der Waals surface area contributed by atoms with Crippen molar-refractivity contribution in [3.8, 4) is 0 Å². The van der Waals surface area contributed by atoms with Gasteiger partial charge in [0.25, 0.3) is 0 Å². The van der Waals surface area contributed by atoms with Crippen LogP contribution >= 0.6 is 0 Å². The number of hydrogen-bond donors (Lipinski definition) is 1. The lowest BCUT2D eigenvalue weighted by Gasteiger charge is -2.19. The molecule has 0 amide bonds. The Morgan fingerprint density at radius 2 is 2.19 bits per heavy atom. The molecular formula is C17H22N4. The second kappa shape index (κ2) is 4.86. The Kier molecular flexibility index (Phi) is 2.98. The van der Waals surface area contributed by atoms with Crippen LogP contribution < -0.4 is 5.32 Å². The molecule has 1 N–H and O–H groups in total. The van der Waals surface area contributed by atoms with Crippen molar-refractivity contribution in [2.75, 3.05) is 11.9 Å². The fourth-order valence-corrected chi connectivity index (χ4v) is 3.79. The molecule has 1 fully saturated rings. The van der Waals surface area contributed by atoms with Crippen LogP contribution in [0.2, 0.25) is 0 Å². The summed E-state index contributed by atoms with van der Waals surface area (Å²) in [7, 11) is 0. The van der Waals surface area contributed by atoms with Crippen LogP contribution in [0.15, 0.2) is 30.6 Å². The summed E-state index contributed by atoms with van der Waals surface area (Å²) in [4.78, 5) is 4.58. The molecule has 2 aliphatic carbocycles. The predicted octanol–water partition coefficient (Wildman–Crippen LogP) is 3.64. The molecule has 1 saturated carbocycles. The Labute approximate surface area is 125 Å². The van der Waals surface area contributed by atoms with Crippen molar-refractivity contribution in [1.82, 2.24) is 14.8 Å². The normalized spacial score (nSPS) is 27.1. The van der Waals surface area contributed by atoms with Crippen LogP contribution in [0.5, 0.6) is 0 Å². The van der Waals surface area contributed by atoms with Gasteiger partial charge in [-0.15, -0.1) is 0 Å². The van der Waals surface area contributed by atoms with Gasteiger partial charge in [-0.3, -0.25) is 0 Å². The lowest BCUT2D eigenvalue weighted by molar-refractivity contribution is 0.472. The highest BCUT2D eigenvalue weighted by molar-refractivity contribution is 5.78. The largest absolute Gasteiger partial charge is 0.383 e. The fraction of sp³-hybridized carbons (Fsp3) is 0.529. The molecule has 4 heteroatoms. The minimum Gasteiger partial charge on any atom is -0.383 e. The standard InChI is InChI=1S/C17H22N4/c1-11(2)21-17-15(9-20-21)7-16(10-19-17)18-8-14-6-12-3-4-13(14)5-12/h3-4,7,9-14,18H,5-6,8H2,1-2H3. The Morgan fingerprint density at radius 3 is 2.90 bits per heavy atom. The highest BCUT2D eigenvalue weighted by Crippen LogP contribution is 2.43. The number of fused-ring (bicyclic) bond motifs is 3. The maximum absolute atomic E-state index is 4.58. The van der Waals surface area contributed by atoms with Crippen LogP contribution in [0, 0.1) is 17.8 Å². The molecular weight excluding hydrogens is 260 g/mol. The van der Waals surface area contributed by atoms with E-state index in [0.717, 1.165) is 41.0 Å². The van der Waals surface area contributed by atoms with Crippen molar-refractivity contribution in [3.05, 3.63) is 30.6 Å². The van der Waals surface area contributed by atoms with Gasteiger partial charge < -0.3 is 5.32 Å². The highest BCUT2D eigenvalue weighted by Gasteiger charge is 2.35. The SMILES string of the molecule is CC(C)n1ncc2cc(NCC3CC4C=CC3C4)cnc21. The van der Waals surface area contributed by atoms with E-state index in [-0.39, 0.29) is 0 Å². The van der Waals surface area contributed by atoms with Crippen molar-refractivity contribution < 1.29 is 0 Å². The molecule has 0 aromatic carbocycles. The van der Waals surface area contributed by atoms with Gasteiger partial charge in [0.05, 0.1) is 18.1 Å². The summed E-state index contributed by atoms with van der Waals surface area (Å²) in [6.45, 7) is 5.31. The van der Waals surface area contributed by atoms with Crippen LogP contribution in [-0.2, 0) is 0 Å². The molecule has 110 valence electrons. The molecule has 3 unspecified atom stereocenters. The van der Waals surface area contributed by atoms with Crippen LogP contribution in [-0.4, -0.2) is 21.3 Å². The number of nitrogens with one attached hydrogen (secondary N) is 1. The first-order valence-electron chi connectivity index (χ1n) is 7.96. The van der Waals surface area contributed by atoms with Crippen molar-refractivity contribution in [1.29, 1.82) is 0 Å². The second-order valence-electron chi connectivity index (χ2n) is 6.74. The molecule has 2 aromatic rings. The Bertz CT molecular complexity index is 685. The van der Waals surface area contributed by atoms with E-state index >= 15 is 0 Å². The van der Waals surface area contributed by atoms with Crippen LogP contribution in [0.1, 0.15) is 32.7 Å². The first-order valence-corrected chi connectivity index (χ1v) is 7.96. The number of hydrogen-bond acceptors (Lipinski definition) is 3. The van der Waals surface area contributed by atoms with E-state index in [1.54, 1.807) is 0 Å². The molecule has 21 heavy (non-hydrogen) atoms. The maximum atomic E-state index is 4.58.